The number of carboxylic acid groups (broad SMARTS) is 1. The zero-order valence-electron chi connectivity index (χ0n) is 20.3. The lowest BCUT2D eigenvalue weighted by atomic mass is 10.1. The second kappa shape index (κ2) is 19.0. The maximum Gasteiger partial charge on any atom is 0.320 e. The molecule has 0 radical (unpaired) electrons. The number of carbonyl (C=O) groups is 1. The van der Waals surface area contributed by atoms with Gasteiger partial charge in [-0.15, -0.1) is 11.8 Å². The Hall–Kier alpha value is -1.20. The van der Waals surface area contributed by atoms with E-state index in [2.05, 4.69) is 4.42 Å². The summed E-state index contributed by atoms with van der Waals surface area (Å²) in [5, 5.41) is 18.9. The Morgan fingerprint density at radius 3 is 2.24 bits per heavy atom. The molecule has 204 valence electrons. The van der Waals surface area contributed by atoms with E-state index in [1.807, 2.05) is 50.2 Å². The molecule has 1 aromatic heterocycles. The fourth-order valence-corrected chi connectivity index (χ4v) is 9.93. The van der Waals surface area contributed by atoms with Crippen LogP contribution in [0.25, 0.3) is 0 Å². The molecule has 3 rings (SSSR count). The van der Waals surface area contributed by atoms with E-state index in [1.54, 1.807) is 30.0 Å². The average molecular weight is 627 g/mol. The summed E-state index contributed by atoms with van der Waals surface area (Å²) in [5.74, 6) is -0.992. The highest BCUT2D eigenvalue weighted by molar-refractivity contribution is 8.69. The second-order valence-electron chi connectivity index (χ2n) is 6.83. The summed E-state index contributed by atoms with van der Waals surface area (Å²) in [6.07, 6.45) is 1.80. The van der Waals surface area contributed by atoms with Gasteiger partial charge < -0.3 is 29.4 Å². The minimum atomic E-state index is -2.23. The predicted octanol–water partition coefficient (Wildman–Crippen LogP) is 7.70. The minimum Gasteiger partial charge on any atom is -0.481 e. The molecule has 0 aliphatic rings. The van der Waals surface area contributed by atoms with Crippen molar-refractivity contribution in [1.82, 2.24) is 0 Å². The number of furan rings is 1. The number of aliphatic carboxylic acids is 1. The Kier molecular flexibility index (Phi) is 17.3. The van der Waals surface area contributed by atoms with Crippen LogP contribution in [-0.2, 0) is 32.1 Å². The molecule has 2 aromatic carbocycles. The maximum atomic E-state index is 10.4. The topological polar surface area (TPSA) is 115 Å². The molecule has 1 atom stereocenters. The van der Waals surface area contributed by atoms with Gasteiger partial charge in [-0.2, -0.15) is 0 Å². The number of halogens is 2. The van der Waals surface area contributed by atoms with Gasteiger partial charge in [0.2, 0.25) is 5.69 Å². The first-order valence-corrected chi connectivity index (χ1v) is 16.9. The van der Waals surface area contributed by atoms with Crippen LogP contribution in [0.15, 0.2) is 76.2 Å². The molecule has 0 spiro atoms. The van der Waals surface area contributed by atoms with E-state index in [1.165, 1.54) is 23.7 Å². The number of benzene rings is 2. The minimum absolute atomic E-state index is 0.0324. The molecule has 0 bridgehead atoms. The zero-order chi connectivity index (χ0) is 27.7. The first-order chi connectivity index (χ1) is 17.6. The third-order valence-electron chi connectivity index (χ3n) is 4.01. The van der Waals surface area contributed by atoms with Crippen LogP contribution in [0.5, 0.6) is 5.95 Å². The van der Waals surface area contributed by atoms with Crippen molar-refractivity contribution in [2.24, 2.45) is 5.73 Å². The standard InChI is InChI=1S/C11H15Cl2O2PS3.C9H11NO2.C4H4O2/c1-3-14-16(17,15-4-2)19-8-18-11-7-9(12)5-6-10(11)13;10-8(9(11)12)6-7-4-2-1-3-5-7;5-4-2-1-3-6-4/h5-7H,3-4,8H2,1-2H3;1-5,8H,6,10H2,(H,11,12);1-3,5H/t;8-;/m.0./s1. The third kappa shape index (κ3) is 15.1. The molecule has 0 aliphatic heterocycles. The Morgan fingerprint density at radius 2 is 1.76 bits per heavy atom. The molecule has 0 aliphatic carbocycles. The zero-order valence-corrected chi connectivity index (χ0v) is 25.1. The number of hydrogen-bond donors (Lipinski definition) is 3. The SMILES string of the molecule is CCOP(=S)(OCC)SCSc1cc(Cl)ccc1Cl.N[C@@H](Cc1ccccc1)C(=O)O.Oc1ccco1. The lowest BCUT2D eigenvalue weighted by molar-refractivity contribution is -0.138. The Balaban J connectivity index is 0.000000320. The average Bonchev–Trinajstić information content (AvgIpc) is 3.34. The molecule has 1 heterocycles. The van der Waals surface area contributed by atoms with Crippen molar-refractivity contribution in [3.63, 3.8) is 0 Å². The summed E-state index contributed by atoms with van der Waals surface area (Å²) >= 11 is 20.6. The fraction of sp³-hybridized carbons (Fsp3) is 0.292. The second-order valence-corrected chi connectivity index (χ2v) is 15.4. The van der Waals surface area contributed by atoms with Crippen LogP contribution in [-0.4, -0.2) is 40.5 Å². The van der Waals surface area contributed by atoms with Crippen LogP contribution in [0, 0.1) is 0 Å². The van der Waals surface area contributed by atoms with Crippen molar-refractivity contribution in [1.29, 1.82) is 0 Å². The number of nitrogens with two attached hydrogens (primary N) is 1. The van der Waals surface area contributed by atoms with Crippen molar-refractivity contribution >= 4 is 69.8 Å². The summed E-state index contributed by atoms with van der Waals surface area (Å²) in [6, 6.07) is 17.0. The maximum absolute atomic E-state index is 10.4. The van der Waals surface area contributed by atoms with Gasteiger partial charge in [-0.3, -0.25) is 4.79 Å². The lowest BCUT2D eigenvalue weighted by Gasteiger charge is -2.19. The van der Waals surface area contributed by atoms with Gasteiger partial charge in [0.05, 0.1) is 29.6 Å². The summed E-state index contributed by atoms with van der Waals surface area (Å²) in [4.78, 5) is 11.3. The summed E-state index contributed by atoms with van der Waals surface area (Å²) in [7, 11) is 0. The van der Waals surface area contributed by atoms with Crippen molar-refractivity contribution in [2.45, 2.75) is 31.2 Å². The predicted molar refractivity (Wildman–Crippen MR) is 158 cm³/mol. The number of carboxylic acids is 1. The summed E-state index contributed by atoms with van der Waals surface area (Å²) in [6.45, 7) is 4.96. The first kappa shape index (κ1) is 33.8. The molecule has 13 heteroatoms. The lowest BCUT2D eigenvalue weighted by Crippen LogP contribution is -2.32. The van der Waals surface area contributed by atoms with Gasteiger partial charge in [-0.05, 0) is 61.9 Å². The van der Waals surface area contributed by atoms with Crippen molar-refractivity contribution < 1.29 is 28.5 Å². The molecule has 37 heavy (non-hydrogen) atoms. The molecular weight excluding hydrogens is 596 g/mol. The van der Waals surface area contributed by atoms with Gasteiger partial charge in [-0.25, -0.2) is 0 Å². The van der Waals surface area contributed by atoms with Gasteiger partial charge in [0.1, 0.15) is 6.04 Å². The normalized spacial score (nSPS) is 11.5. The number of thioether (sulfide) groups is 1. The van der Waals surface area contributed by atoms with E-state index in [4.69, 9.17) is 60.0 Å². The van der Waals surface area contributed by atoms with Gasteiger partial charge in [0.25, 0.3) is 5.95 Å². The molecule has 0 fully saturated rings. The van der Waals surface area contributed by atoms with Crippen molar-refractivity contribution in [3.05, 3.63) is 82.5 Å². The number of aromatic hydroxyl groups is 1. The van der Waals surface area contributed by atoms with Crippen molar-refractivity contribution in [2.75, 3.05) is 18.3 Å². The summed E-state index contributed by atoms with van der Waals surface area (Å²) < 4.78 is 15.5. The Morgan fingerprint density at radius 1 is 1.11 bits per heavy atom. The quantitative estimate of drug-likeness (QED) is 0.111. The van der Waals surface area contributed by atoms with Gasteiger partial charge in [0, 0.05) is 16.0 Å². The number of rotatable bonds is 11. The Labute approximate surface area is 240 Å². The van der Waals surface area contributed by atoms with Crippen LogP contribution in [0.2, 0.25) is 10.0 Å². The van der Waals surface area contributed by atoms with E-state index in [0.717, 1.165) is 15.5 Å². The van der Waals surface area contributed by atoms with Gasteiger partial charge in [-0.1, -0.05) is 64.9 Å². The highest BCUT2D eigenvalue weighted by Gasteiger charge is 2.19. The molecule has 4 N–H and O–H groups in total. The fourth-order valence-electron chi connectivity index (χ4n) is 2.40. The van der Waals surface area contributed by atoms with E-state index in [9.17, 15) is 4.79 Å². The molecule has 7 nitrogen and oxygen atoms in total. The van der Waals surface area contributed by atoms with E-state index in [0.29, 0.717) is 29.7 Å². The van der Waals surface area contributed by atoms with Crippen LogP contribution in [0.1, 0.15) is 19.4 Å². The van der Waals surface area contributed by atoms with Crippen LogP contribution in [0.3, 0.4) is 0 Å². The largest absolute Gasteiger partial charge is 0.481 e. The van der Waals surface area contributed by atoms with Gasteiger partial charge in [0.15, 0.2) is 0 Å². The van der Waals surface area contributed by atoms with Crippen LogP contribution >= 0.6 is 52.0 Å². The molecule has 0 unspecified atom stereocenters. The van der Waals surface area contributed by atoms with E-state index in [-0.39, 0.29) is 5.95 Å². The number of hydrogen-bond acceptors (Lipinski definition) is 9. The van der Waals surface area contributed by atoms with E-state index < -0.39 is 17.7 Å². The third-order valence-corrected chi connectivity index (χ3v) is 11.8. The molecule has 3 aromatic rings. The van der Waals surface area contributed by atoms with Gasteiger partial charge >= 0.3 is 5.97 Å². The highest BCUT2D eigenvalue weighted by atomic mass is 35.5. The van der Waals surface area contributed by atoms with Crippen LogP contribution in [0.4, 0.5) is 0 Å². The molecular formula is C24H30Cl2NO6PS3. The van der Waals surface area contributed by atoms with Crippen LogP contribution < -0.4 is 5.73 Å². The van der Waals surface area contributed by atoms with Crippen molar-refractivity contribution in [3.8, 4) is 5.95 Å². The Bertz CT molecular complexity index is 1080. The molecule has 0 amide bonds. The molecule has 0 saturated heterocycles. The first-order valence-electron chi connectivity index (χ1n) is 11.0. The van der Waals surface area contributed by atoms with E-state index >= 15 is 0 Å². The highest BCUT2D eigenvalue weighted by Crippen LogP contribution is 2.62. The smallest absolute Gasteiger partial charge is 0.320 e. The monoisotopic (exact) mass is 625 g/mol. The molecule has 0 saturated carbocycles. The summed E-state index contributed by atoms with van der Waals surface area (Å²) in [5.41, 5.74) is 4.07.